The number of pyridine rings is 1. The number of carbonyl (C=O) groups excluding carboxylic acids is 1. The highest BCUT2D eigenvalue weighted by Crippen LogP contribution is 2.20. The van der Waals surface area contributed by atoms with Crippen molar-refractivity contribution in [2.24, 2.45) is 0 Å². The maximum atomic E-state index is 12.3. The lowest BCUT2D eigenvalue weighted by Crippen LogP contribution is -2.31. The largest absolute Gasteiger partial charge is 0.503 e. The first kappa shape index (κ1) is 18.2. The molecule has 0 spiro atoms. The van der Waals surface area contributed by atoms with Crippen LogP contribution < -0.4 is 21.1 Å². The number of rotatable bonds is 5. The monoisotopic (exact) mass is 370 g/mol. The second-order valence-corrected chi connectivity index (χ2v) is 5.91. The quantitative estimate of drug-likeness (QED) is 0.657. The molecule has 1 amide bonds. The minimum Gasteiger partial charge on any atom is -0.503 e. The van der Waals surface area contributed by atoms with Crippen molar-refractivity contribution in [3.8, 4) is 11.5 Å². The van der Waals surface area contributed by atoms with E-state index < -0.39 is 17.0 Å². The van der Waals surface area contributed by atoms with Crippen molar-refractivity contribution in [3.05, 3.63) is 68.4 Å². The lowest BCUT2D eigenvalue weighted by molar-refractivity contribution is 0.0948. The van der Waals surface area contributed by atoms with Crippen molar-refractivity contribution < 1.29 is 19.1 Å². The fraction of sp³-hybridized carbons (Fsp3) is 0.211. The third-order valence-corrected chi connectivity index (χ3v) is 4.24. The maximum Gasteiger partial charge on any atom is 0.349 e. The number of benzene rings is 1. The lowest BCUT2D eigenvalue weighted by Gasteiger charge is -2.12. The van der Waals surface area contributed by atoms with Crippen molar-refractivity contribution in [2.75, 3.05) is 13.7 Å². The van der Waals surface area contributed by atoms with Gasteiger partial charge in [-0.25, -0.2) is 4.79 Å². The van der Waals surface area contributed by atoms with Gasteiger partial charge in [0.1, 0.15) is 16.9 Å². The molecular weight excluding hydrogens is 352 g/mol. The molecule has 0 aliphatic carbocycles. The van der Waals surface area contributed by atoms with Gasteiger partial charge < -0.3 is 24.1 Å². The van der Waals surface area contributed by atoms with Crippen LogP contribution in [0.4, 0.5) is 0 Å². The van der Waals surface area contributed by atoms with E-state index in [2.05, 4.69) is 5.32 Å². The molecular formula is C19H18N2O6. The summed E-state index contributed by atoms with van der Waals surface area (Å²) in [6.07, 6.45) is 1.53. The van der Waals surface area contributed by atoms with Crippen LogP contribution in [0, 0.1) is 6.92 Å². The summed E-state index contributed by atoms with van der Waals surface area (Å²) in [6, 6.07) is 7.68. The van der Waals surface area contributed by atoms with Gasteiger partial charge in [-0.05, 0) is 25.1 Å². The summed E-state index contributed by atoms with van der Waals surface area (Å²) in [5.74, 6) is -0.346. The number of carbonyl (C=O) groups is 1. The zero-order chi connectivity index (χ0) is 19.6. The SMILES string of the molecule is COc1ccc2cc(C(=O)NCCn3ccc(=O)c(O)c3C)c(=O)oc2c1. The van der Waals surface area contributed by atoms with Gasteiger partial charge in [-0.3, -0.25) is 9.59 Å². The summed E-state index contributed by atoms with van der Waals surface area (Å²) in [5.41, 5.74) is -0.582. The Bertz CT molecular complexity index is 1130. The number of amides is 1. The molecule has 2 N–H and O–H groups in total. The number of methoxy groups -OCH3 is 1. The summed E-state index contributed by atoms with van der Waals surface area (Å²) in [4.78, 5) is 35.8. The Balaban J connectivity index is 1.75. The van der Waals surface area contributed by atoms with Crippen LogP contribution in [-0.4, -0.2) is 29.2 Å². The number of ether oxygens (including phenoxy) is 1. The van der Waals surface area contributed by atoms with E-state index in [1.807, 2.05) is 0 Å². The number of fused-ring (bicyclic) bond motifs is 1. The molecule has 8 nitrogen and oxygen atoms in total. The smallest absolute Gasteiger partial charge is 0.349 e. The molecule has 0 aliphatic heterocycles. The Morgan fingerprint density at radius 2 is 2.04 bits per heavy atom. The van der Waals surface area contributed by atoms with Crippen molar-refractivity contribution in [2.45, 2.75) is 13.5 Å². The third-order valence-electron chi connectivity index (χ3n) is 4.24. The fourth-order valence-corrected chi connectivity index (χ4v) is 2.67. The van der Waals surface area contributed by atoms with Crippen LogP contribution in [0.5, 0.6) is 11.5 Å². The van der Waals surface area contributed by atoms with E-state index in [4.69, 9.17) is 9.15 Å². The average molecular weight is 370 g/mol. The molecule has 2 heterocycles. The first-order valence-corrected chi connectivity index (χ1v) is 8.20. The second kappa shape index (κ2) is 7.36. The number of nitrogens with one attached hydrogen (secondary N) is 1. The van der Waals surface area contributed by atoms with E-state index >= 15 is 0 Å². The molecule has 0 saturated carbocycles. The van der Waals surface area contributed by atoms with E-state index in [0.717, 1.165) is 0 Å². The van der Waals surface area contributed by atoms with E-state index in [1.54, 1.807) is 29.7 Å². The first-order valence-electron chi connectivity index (χ1n) is 8.20. The van der Waals surface area contributed by atoms with Crippen LogP contribution in [0.1, 0.15) is 16.1 Å². The van der Waals surface area contributed by atoms with Gasteiger partial charge in [-0.2, -0.15) is 0 Å². The highest BCUT2D eigenvalue weighted by Gasteiger charge is 2.14. The molecule has 140 valence electrons. The Hall–Kier alpha value is -3.55. The first-order chi connectivity index (χ1) is 12.9. The molecule has 2 aromatic heterocycles. The van der Waals surface area contributed by atoms with E-state index in [0.29, 0.717) is 29.0 Å². The molecule has 3 rings (SSSR count). The molecule has 0 aliphatic rings. The minimum absolute atomic E-state index is 0.104. The fourth-order valence-electron chi connectivity index (χ4n) is 2.67. The van der Waals surface area contributed by atoms with Gasteiger partial charge in [0.05, 0.1) is 12.8 Å². The molecule has 0 bridgehead atoms. The normalized spacial score (nSPS) is 10.7. The van der Waals surface area contributed by atoms with Crippen molar-refractivity contribution in [1.82, 2.24) is 9.88 Å². The number of aromatic nitrogens is 1. The van der Waals surface area contributed by atoms with Gasteiger partial charge in [-0.15, -0.1) is 0 Å². The average Bonchev–Trinajstić information content (AvgIpc) is 2.66. The van der Waals surface area contributed by atoms with E-state index in [1.165, 1.54) is 25.4 Å². The van der Waals surface area contributed by atoms with Gasteiger partial charge in [0.15, 0.2) is 5.75 Å². The molecule has 8 heteroatoms. The van der Waals surface area contributed by atoms with Crippen LogP contribution >= 0.6 is 0 Å². The van der Waals surface area contributed by atoms with Crippen LogP contribution in [0.25, 0.3) is 11.0 Å². The molecule has 3 aromatic rings. The number of hydrogen-bond donors (Lipinski definition) is 2. The highest BCUT2D eigenvalue weighted by molar-refractivity contribution is 5.96. The van der Waals surface area contributed by atoms with Crippen LogP contribution in [0.15, 0.2) is 50.5 Å². The van der Waals surface area contributed by atoms with Gasteiger partial charge in [-0.1, -0.05) is 0 Å². The Morgan fingerprint density at radius 1 is 1.26 bits per heavy atom. The summed E-state index contributed by atoms with van der Waals surface area (Å²) in [7, 11) is 1.51. The summed E-state index contributed by atoms with van der Waals surface area (Å²) < 4.78 is 11.9. The molecule has 0 atom stereocenters. The Morgan fingerprint density at radius 3 is 2.78 bits per heavy atom. The third kappa shape index (κ3) is 3.69. The predicted molar refractivity (Wildman–Crippen MR) is 98.5 cm³/mol. The van der Waals surface area contributed by atoms with Gasteiger partial charge >= 0.3 is 5.63 Å². The summed E-state index contributed by atoms with van der Waals surface area (Å²) in [6.45, 7) is 2.12. The Kier molecular flexibility index (Phi) is 4.98. The second-order valence-electron chi connectivity index (χ2n) is 5.91. The summed E-state index contributed by atoms with van der Waals surface area (Å²) in [5, 5.41) is 12.9. The molecule has 1 aromatic carbocycles. The van der Waals surface area contributed by atoms with Crippen molar-refractivity contribution >= 4 is 16.9 Å². The summed E-state index contributed by atoms with van der Waals surface area (Å²) >= 11 is 0. The number of hydrogen-bond acceptors (Lipinski definition) is 6. The maximum absolute atomic E-state index is 12.3. The number of nitrogens with zero attached hydrogens (tertiary/aromatic N) is 1. The van der Waals surface area contributed by atoms with Gasteiger partial charge in [0.25, 0.3) is 5.91 Å². The van der Waals surface area contributed by atoms with Gasteiger partial charge in [0, 0.05) is 36.8 Å². The zero-order valence-corrected chi connectivity index (χ0v) is 14.8. The zero-order valence-electron chi connectivity index (χ0n) is 14.8. The van der Waals surface area contributed by atoms with Crippen molar-refractivity contribution in [1.29, 1.82) is 0 Å². The molecule has 0 unspecified atom stereocenters. The minimum atomic E-state index is -0.745. The predicted octanol–water partition coefficient (Wildman–Crippen LogP) is 1.41. The molecule has 0 radical (unpaired) electrons. The standard InChI is InChI=1S/C19H18N2O6/c1-11-17(23)15(22)5-7-21(11)8-6-20-18(24)14-9-12-3-4-13(26-2)10-16(12)27-19(14)25/h3-5,7,9-10,23H,6,8H2,1-2H3,(H,20,24). The Labute approximate surface area is 153 Å². The van der Waals surface area contributed by atoms with Crippen molar-refractivity contribution in [3.63, 3.8) is 0 Å². The molecule has 0 fully saturated rings. The number of aromatic hydroxyl groups is 1. The van der Waals surface area contributed by atoms with Crippen LogP contribution in [0.2, 0.25) is 0 Å². The molecule has 0 saturated heterocycles. The topological polar surface area (TPSA) is 111 Å². The van der Waals surface area contributed by atoms with Gasteiger partial charge in [0.2, 0.25) is 5.43 Å². The van der Waals surface area contributed by atoms with Crippen LogP contribution in [0.3, 0.4) is 0 Å². The van der Waals surface area contributed by atoms with E-state index in [-0.39, 0.29) is 17.9 Å². The van der Waals surface area contributed by atoms with Crippen LogP contribution in [-0.2, 0) is 6.54 Å². The lowest BCUT2D eigenvalue weighted by atomic mass is 10.1. The molecule has 27 heavy (non-hydrogen) atoms. The highest BCUT2D eigenvalue weighted by atomic mass is 16.5. The van der Waals surface area contributed by atoms with E-state index in [9.17, 15) is 19.5 Å².